The lowest BCUT2D eigenvalue weighted by Crippen LogP contribution is -2.13. The lowest BCUT2D eigenvalue weighted by atomic mass is 9.77. The van der Waals surface area contributed by atoms with E-state index in [4.69, 9.17) is 0 Å². The van der Waals surface area contributed by atoms with Crippen LogP contribution in [0.2, 0.25) is 0 Å². The Labute approximate surface area is 201 Å². The van der Waals surface area contributed by atoms with Crippen LogP contribution in [0.4, 0.5) is 0 Å². The first-order valence-corrected chi connectivity index (χ1v) is 13.1. The van der Waals surface area contributed by atoms with Crippen LogP contribution in [0.3, 0.4) is 0 Å². The van der Waals surface area contributed by atoms with Crippen LogP contribution in [0.15, 0.2) is 71.4 Å². The topological polar surface area (TPSA) is 24.7 Å². The fourth-order valence-electron chi connectivity index (χ4n) is 4.90. The van der Waals surface area contributed by atoms with Gasteiger partial charge in [-0.2, -0.15) is 10.2 Å². The number of rotatable bonds is 13. The van der Waals surface area contributed by atoms with Gasteiger partial charge in [0.1, 0.15) is 0 Å². The molecule has 0 atom stereocenters. The quantitative estimate of drug-likeness (QED) is 0.128. The van der Waals surface area contributed by atoms with Crippen molar-refractivity contribution in [1.29, 1.82) is 0 Å². The molecule has 0 amide bonds. The molecule has 33 heavy (non-hydrogen) atoms. The summed E-state index contributed by atoms with van der Waals surface area (Å²) in [6.45, 7) is 6.08. The minimum atomic E-state index is 0.738. The van der Waals surface area contributed by atoms with E-state index >= 15 is 0 Å². The van der Waals surface area contributed by atoms with E-state index in [2.05, 4.69) is 72.2 Å². The molecule has 176 valence electrons. The summed E-state index contributed by atoms with van der Waals surface area (Å²) in [7, 11) is 0. The first kappa shape index (κ1) is 25.1. The lowest BCUT2D eigenvalue weighted by Gasteiger charge is -2.28. The Hall–Kier alpha value is -2.48. The number of unbranched alkanes of at least 4 members (excludes halogenated alkanes) is 4. The lowest BCUT2D eigenvalue weighted by molar-refractivity contribution is 0.304. The summed E-state index contributed by atoms with van der Waals surface area (Å²) in [5.41, 5.74) is 5.08. The molecule has 3 rings (SSSR count). The minimum Gasteiger partial charge on any atom is -0.159 e. The van der Waals surface area contributed by atoms with Gasteiger partial charge in [0.2, 0.25) is 0 Å². The fourth-order valence-corrected chi connectivity index (χ4v) is 4.90. The number of hydrogen-bond donors (Lipinski definition) is 0. The van der Waals surface area contributed by atoms with Crippen LogP contribution >= 0.6 is 0 Å². The molecule has 0 spiro atoms. The Morgan fingerprint density at radius 2 is 1.42 bits per heavy atom. The molecule has 2 aromatic rings. The summed E-state index contributed by atoms with van der Waals surface area (Å²) in [4.78, 5) is 0. The van der Waals surface area contributed by atoms with Crippen molar-refractivity contribution in [1.82, 2.24) is 0 Å². The molecule has 0 aliphatic heterocycles. The summed E-state index contributed by atoms with van der Waals surface area (Å²) >= 11 is 0. The van der Waals surface area contributed by atoms with Crippen molar-refractivity contribution in [2.75, 3.05) is 0 Å². The van der Waals surface area contributed by atoms with Crippen LogP contribution < -0.4 is 0 Å². The van der Waals surface area contributed by atoms with Crippen LogP contribution in [0.25, 0.3) is 0 Å². The molecule has 0 radical (unpaired) electrons. The zero-order valence-electron chi connectivity index (χ0n) is 20.6. The van der Waals surface area contributed by atoms with Crippen molar-refractivity contribution in [2.45, 2.75) is 89.9 Å². The largest absolute Gasteiger partial charge is 0.159 e. The predicted molar refractivity (Wildman–Crippen MR) is 145 cm³/mol. The second-order valence-corrected chi connectivity index (χ2v) is 9.65. The maximum atomic E-state index is 4.25. The van der Waals surface area contributed by atoms with Gasteiger partial charge >= 0.3 is 0 Å². The smallest absolute Gasteiger partial charge is 0.0568 e. The molecule has 2 aromatic carbocycles. The maximum absolute atomic E-state index is 4.25. The molecule has 2 nitrogen and oxygen atoms in total. The monoisotopic (exact) mass is 442 g/mol. The van der Waals surface area contributed by atoms with Gasteiger partial charge in [-0.05, 0) is 85.5 Å². The third-order valence-electron chi connectivity index (χ3n) is 7.05. The van der Waals surface area contributed by atoms with Crippen molar-refractivity contribution in [3.63, 3.8) is 0 Å². The molecule has 0 bridgehead atoms. The van der Waals surface area contributed by atoms with Crippen molar-refractivity contribution in [3.8, 4) is 0 Å². The van der Waals surface area contributed by atoms with Crippen molar-refractivity contribution in [3.05, 3.63) is 83.4 Å². The zero-order valence-corrected chi connectivity index (χ0v) is 20.6. The Morgan fingerprint density at radius 3 is 2.03 bits per heavy atom. The van der Waals surface area contributed by atoms with Crippen molar-refractivity contribution in [2.24, 2.45) is 16.1 Å². The maximum Gasteiger partial charge on any atom is 0.0568 e. The average molecular weight is 443 g/mol. The summed E-state index contributed by atoms with van der Waals surface area (Å²) in [6, 6.07) is 17.6. The minimum absolute atomic E-state index is 0.738. The number of hydrogen-bond acceptors (Lipinski definition) is 2. The molecule has 2 heteroatoms. The van der Waals surface area contributed by atoms with Crippen LogP contribution in [-0.4, -0.2) is 12.4 Å². The summed E-state index contributed by atoms with van der Waals surface area (Å²) in [6.07, 6.45) is 21.4. The van der Waals surface area contributed by atoms with E-state index in [-0.39, 0.29) is 0 Å². The molecule has 1 fully saturated rings. The highest BCUT2D eigenvalue weighted by atomic mass is 15.2. The van der Waals surface area contributed by atoms with Gasteiger partial charge in [0.15, 0.2) is 0 Å². The van der Waals surface area contributed by atoms with Gasteiger partial charge < -0.3 is 0 Å². The van der Waals surface area contributed by atoms with Crippen LogP contribution in [0, 0.1) is 5.92 Å². The molecule has 0 unspecified atom stereocenters. The van der Waals surface area contributed by atoms with Crippen LogP contribution in [0.5, 0.6) is 0 Å². The third kappa shape index (κ3) is 9.12. The molecule has 1 saturated carbocycles. The van der Waals surface area contributed by atoms with Gasteiger partial charge in [0.05, 0.1) is 12.4 Å². The number of benzene rings is 2. The van der Waals surface area contributed by atoms with E-state index in [9.17, 15) is 0 Å². The van der Waals surface area contributed by atoms with Gasteiger partial charge in [-0.15, -0.1) is 6.58 Å². The highest BCUT2D eigenvalue weighted by Gasteiger charge is 2.21. The van der Waals surface area contributed by atoms with E-state index in [1.165, 1.54) is 75.3 Å². The summed E-state index contributed by atoms with van der Waals surface area (Å²) in [5, 5.41) is 8.50. The van der Waals surface area contributed by atoms with E-state index < -0.39 is 0 Å². The normalized spacial score (nSPS) is 18.8. The average Bonchev–Trinajstić information content (AvgIpc) is 2.87. The second kappa shape index (κ2) is 14.6. The van der Waals surface area contributed by atoms with Gasteiger partial charge in [0, 0.05) is 0 Å². The van der Waals surface area contributed by atoms with Crippen LogP contribution in [0.1, 0.15) is 106 Å². The highest BCUT2D eigenvalue weighted by molar-refractivity contribution is 5.82. The fraction of sp³-hybridized carbons (Fsp3) is 0.484. The molecule has 0 aromatic heterocycles. The van der Waals surface area contributed by atoms with Gasteiger partial charge in [-0.1, -0.05) is 87.2 Å². The Balaban J connectivity index is 1.40. The standard InChI is InChI=1S/C31H42N2/c1-3-5-7-8-9-11-27-12-14-28(15-13-27)24-32-33-25-29-18-22-31(23-19-29)30-20-16-26(17-21-30)10-6-4-2/h3,12-15,18-19,22-26,30H,1,4-11,16-17,20-21H2,2H3/b32-24+,33-25+. The van der Waals surface area contributed by atoms with Crippen LogP contribution in [-0.2, 0) is 6.42 Å². The number of aryl methyl sites for hydroxylation is 1. The molecule has 0 saturated heterocycles. The molecular weight excluding hydrogens is 400 g/mol. The van der Waals surface area contributed by atoms with E-state index in [1.807, 2.05) is 18.5 Å². The number of allylic oxidation sites excluding steroid dienone is 1. The van der Waals surface area contributed by atoms with E-state index in [1.54, 1.807) is 0 Å². The van der Waals surface area contributed by atoms with Gasteiger partial charge in [-0.3, -0.25) is 0 Å². The third-order valence-corrected chi connectivity index (χ3v) is 7.05. The van der Waals surface area contributed by atoms with Crippen molar-refractivity contribution < 1.29 is 0 Å². The van der Waals surface area contributed by atoms with Gasteiger partial charge in [-0.25, -0.2) is 0 Å². The summed E-state index contributed by atoms with van der Waals surface area (Å²) in [5.74, 6) is 1.70. The first-order valence-electron chi connectivity index (χ1n) is 13.1. The molecule has 1 aliphatic rings. The Morgan fingerprint density at radius 1 is 0.788 bits per heavy atom. The number of nitrogens with zero attached hydrogens (tertiary/aromatic N) is 2. The predicted octanol–water partition coefficient (Wildman–Crippen LogP) is 8.89. The molecular formula is C31H42N2. The molecule has 0 N–H and O–H groups in total. The first-order chi connectivity index (χ1) is 16.3. The Bertz CT molecular complexity index is 853. The van der Waals surface area contributed by atoms with Gasteiger partial charge in [0.25, 0.3) is 0 Å². The van der Waals surface area contributed by atoms with E-state index in [0.29, 0.717) is 0 Å². The van der Waals surface area contributed by atoms with Crippen molar-refractivity contribution >= 4 is 12.4 Å². The highest BCUT2D eigenvalue weighted by Crippen LogP contribution is 2.37. The SMILES string of the molecule is C=CCCCCCc1ccc(/C=N/N=C/c2ccc(C3CCC(CCCC)CC3)cc2)cc1. The second-order valence-electron chi connectivity index (χ2n) is 9.65. The van der Waals surface area contributed by atoms with E-state index in [0.717, 1.165) is 35.8 Å². The summed E-state index contributed by atoms with van der Waals surface area (Å²) < 4.78 is 0. The zero-order chi connectivity index (χ0) is 23.1. The Kier molecular flexibility index (Phi) is 11.1. The molecule has 0 heterocycles. The molecule has 1 aliphatic carbocycles.